The topological polar surface area (TPSA) is 46.6 Å². The van der Waals surface area contributed by atoms with Crippen molar-refractivity contribution in [3.63, 3.8) is 0 Å². The summed E-state index contributed by atoms with van der Waals surface area (Å²) >= 11 is 0. The van der Waals surface area contributed by atoms with Gasteiger partial charge in [-0.1, -0.05) is 18.2 Å². The molecule has 2 rings (SSSR count). The highest BCUT2D eigenvalue weighted by atomic mass is 16.5. The van der Waals surface area contributed by atoms with E-state index in [2.05, 4.69) is 5.92 Å². The van der Waals surface area contributed by atoms with E-state index in [4.69, 9.17) is 11.2 Å². The molecular formula is C14H13NO3. The van der Waals surface area contributed by atoms with Crippen LogP contribution < -0.4 is 4.74 Å². The first-order valence-electron chi connectivity index (χ1n) is 5.69. The molecule has 0 bridgehead atoms. The third-order valence-electron chi connectivity index (χ3n) is 2.84. The minimum Gasteiger partial charge on any atom is -0.478 e. The molecule has 4 nitrogen and oxygen atoms in total. The SMILES string of the molecule is C#CCCN1C(=O)[C@H](Oc2ccccc2)[C@@H]1C=O. The average molecular weight is 243 g/mol. The van der Waals surface area contributed by atoms with Crippen LogP contribution in [-0.4, -0.2) is 35.8 Å². The fourth-order valence-electron chi connectivity index (χ4n) is 1.89. The zero-order valence-corrected chi connectivity index (χ0v) is 9.78. The van der Waals surface area contributed by atoms with Crippen LogP contribution in [0.15, 0.2) is 30.3 Å². The van der Waals surface area contributed by atoms with Crippen LogP contribution in [-0.2, 0) is 9.59 Å². The normalized spacial score (nSPS) is 21.9. The molecule has 1 aliphatic rings. The number of hydrogen-bond acceptors (Lipinski definition) is 3. The number of β-lactam (4-membered cyclic amide) rings is 1. The number of carbonyl (C=O) groups excluding carboxylic acids is 2. The van der Waals surface area contributed by atoms with Crippen molar-refractivity contribution < 1.29 is 14.3 Å². The highest BCUT2D eigenvalue weighted by Gasteiger charge is 2.48. The molecule has 0 aliphatic carbocycles. The number of likely N-dealkylation sites (tertiary alicyclic amines) is 1. The number of terminal acetylenes is 1. The number of aldehydes is 1. The first kappa shape index (κ1) is 12.2. The quantitative estimate of drug-likeness (QED) is 0.438. The molecule has 0 saturated carbocycles. The summed E-state index contributed by atoms with van der Waals surface area (Å²) in [5.41, 5.74) is 0. The van der Waals surface area contributed by atoms with E-state index in [1.54, 1.807) is 12.1 Å². The van der Waals surface area contributed by atoms with Crippen molar-refractivity contribution >= 4 is 12.2 Å². The number of benzene rings is 1. The number of nitrogens with zero attached hydrogens (tertiary/aromatic N) is 1. The Morgan fingerprint density at radius 2 is 2.11 bits per heavy atom. The van der Waals surface area contributed by atoms with Crippen LogP contribution in [0.4, 0.5) is 0 Å². The average Bonchev–Trinajstić information content (AvgIpc) is 2.42. The van der Waals surface area contributed by atoms with E-state index in [1.165, 1.54) is 4.90 Å². The molecule has 92 valence electrons. The summed E-state index contributed by atoms with van der Waals surface area (Å²) in [6.07, 6.45) is 5.59. The summed E-state index contributed by atoms with van der Waals surface area (Å²) < 4.78 is 5.50. The first-order chi connectivity index (χ1) is 8.77. The van der Waals surface area contributed by atoms with E-state index in [0.29, 0.717) is 18.7 Å². The molecule has 0 unspecified atom stereocenters. The van der Waals surface area contributed by atoms with Gasteiger partial charge in [-0.05, 0) is 12.1 Å². The van der Waals surface area contributed by atoms with Gasteiger partial charge in [-0.2, -0.15) is 0 Å². The molecule has 1 aromatic carbocycles. The largest absolute Gasteiger partial charge is 0.478 e. The molecule has 0 aromatic heterocycles. The molecule has 4 heteroatoms. The predicted molar refractivity (Wildman–Crippen MR) is 65.9 cm³/mol. The molecule has 1 saturated heterocycles. The Morgan fingerprint density at radius 3 is 2.72 bits per heavy atom. The molecule has 0 radical (unpaired) electrons. The van der Waals surface area contributed by atoms with Crippen molar-refractivity contribution in [3.05, 3.63) is 30.3 Å². The molecule has 2 atom stereocenters. The summed E-state index contributed by atoms with van der Waals surface area (Å²) in [7, 11) is 0. The third kappa shape index (κ3) is 2.21. The number of ether oxygens (including phenoxy) is 1. The van der Waals surface area contributed by atoms with E-state index in [0.717, 1.165) is 6.29 Å². The lowest BCUT2D eigenvalue weighted by Gasteiger charge is -2.43. The zero-order chi connectivity index (χ0) is 13.0. The molecule has 1 aromatic rings. The minimum atomic E-state index is -0.720. The van der Waals surface area contributed by atoms with Crippen LogP contribution in [0.5, 0.6) is 5.75 Å². The number of rotatable bonds is 5. The van der Waals surface area contributed by atoms with Gasteiger partial charge in [0.05, 0.1) is 0 Å². The van der Waals surface area contributed by atoms with Crippen LogP contribution in [0.1, 0.15) is 6.42 Å². The smallest absolute Gasteiger partial charge is 0.267 e. The molecule has 1 aliphatic heterocycles. The van der Waals surface area contributed by atoms with E-state index in [-0.39, 0.29) is 5.91 Å². The van der Waals surface area contributed by atoms with Gasteiger partial charge in [0, 0.05) is 13.0 Å². The molecule has 0 N–H and O–H groups in total. The Balaban J connectivity index is 2.01. The Kier molecular flexibility index (Phi) is 3.63. The number of hydrogen-bond donors (Lipinski definition) is 0. The second-order valence-electron chi connectivity index (χ2n) is 3.96. The van der Waals surface area contributed by atoms with E-state index in [1.807, 2.05) is 18.2 Å². The standard InChI is InChI=1S/C14H13NO3/c1-2-3-9-15-12(10-16)13(14(15)17)18-11-7-5-4-6-8-11/h1,4-8,10,12-13H,3,9H2/t12-,13+/m0/s1. The van der Waals surface area contributed by atoms with Gasteiger partial charge in [0.25, 0.3) is 5.91 Å². The maximum Gasteiger partial charge on any atom is 0.267 e. The van der Waals surface area contributed by atoms with Crippen molar-refractivity contribution in [1.82, 2.24) is 4.90 Å². The van der Waals surface area contributed by atoms with Gasteiger partial charge in [-0.15, -0.1) is 12.3 Å². The van der Waals surface area contributed by atoms with Crippen molar-refractivity contribution in [2.24, 2.45) is 0 Å². The molecule has 1 heterocycles. The van der Waals surface area contributed by atoms with Crippen molar-refractivity contribution in [1.29, 1.82) is 0 Å². The number of carbonyl (C=O) groups is 2. The highest BCUT2D eigenvalue weighted by molar-refractivity contribution is 5.95. The van der Waals surface area contributed by atoms with Crippen molar-refractivity contribution in [2.75, 3.05) is 6.54 Å². The lowest BCUT2D eigenvalue weighted by molar-refractivity contribution is -0.164. The maximum atomic E-state index is 11.8. The Morgan fingerprint density at radius 1 is 1.39 bits per heavy atom. The van der Waals surface area contributed by atoms with Crippen LogP contribution in [0, 0.1) is 12.3 Å². The van der Waals surface area contributed by atoms with Gasteiger partial charge in [-0.25, -0.2) is 0 Å². The number of amides is 1. The Hall–Kier alpha value is -2.28. The van der Waals surface area contributed by atoms with Crippen LogP contribution in [0.25, 0.3) is 0 Å². The van der Waals surface area contributed by atoms with Crippen molar-refractivity contribution in [3.8, 4) is 18.1 Å². The van der Waals surface area contributed by atoms with Crippen LogP contribution >= 0.6 is 0 Å². The predicted octanol–water partition coefficient (Wildman–Crippen LogP) is 0.867. The molecule has 18 heavy (non-hydrogen) atoms. The molecule has 0 spiro atoms. The summed E-state index contributed by atoms with van der Waals surface area (Å²) in [5.74, 6) is 2.84. The second kappa shape index (κ2) is 5.37. The molecular weight excluding hydrogens is 230 g/mol. The summed E-state index contributed by atoms with van der Waals surface area (Å²) in [5, 5.41) is 0. The Labute approximate surface area is 106 Å². The zero-order valence-electron chi connectivity index (χ0n) is 9.78. The first-order valence-corrected chi connectivity index (χ1v) is 5.69. The van der Waals surface area contributed by atoms with Gasteiger partial charge in [0.15, 0.2) is 0 Å². The van der Waals surface area contributed by atoms with Gasteiger partial charge < -0.3 is 14.4 Å². The van der Waals surface area contributed by atoms with E-state index >= 15 is 0 Å². The van der Waals surface area contributed by atoms with Gasteiger partial charge in [-0.3, -0.25) is 4.79 Å². The van der Waals surface area contributed by atoms with Gasteiger partial charge in [0.1, 0.15) is 18.1 Å². The van der Waals surface area contributed by atoms with E-state index in [9.17, 15) is 9.59 Å². The highest BCUT2D eigenvalue weighted by Crippen LogP contribution is 2.24. The minimum absolute atomic E-state index is 0.189. The monoisotopic (exact) mass is 243 g/mol. The lowest BCUT2D eigenvalue weighted by atomic mass is 9.99. The fraction of sp³-hybridized carbons (Fsp3) is 0.286. The number of para-hydroxylation sites is 1. The van der Waals surface area contributed by atoms with Gasteiger partial charge in [0.2, 0.25) is 6.10 Å². The summed E-state index contributed by atoms with van der Waals surface area (Å²) in [4.78, 5) is 24.2. The second-order valence-corrected chi connectivity index (χ2v) is 3.96. The van der Waals surface area contributed by atoms with E-state index < -0.39 is 12.1 Å². The lowest BCUT2D eigenvalue weighted by Crippen LogP contribution is -2.67. The maximum absolute atomic E-state index is 11.8. The Bertz CT molecular complexity index is 478. The summed E-state index contributed by atoms with van der Waals surface area (Å²) in [6, 6.07) is 8.44. The molecule has 1 fully saturated rings. The van der Waals surface area contributed by atoms with Gasteiger partial charge >= 0.3 is 0 Å². The molecule has 1 amide bonds. The van der Waals surface area contributed by atoms with Crippen molar-refractivity contribution in [2.45, 2.75) is 18.6 Å². The third-order valence-corrected chi connectivity index (χ3v) is 2.84. The van der Waals surface area contributed by atoms with Crippen LogP contribution in [0.3, 0.4) is 0 Å². The fourth-order valence-corrected chi connectivity index (χ4v) is 1.89. The summed E-state index contributed by atoms with van der Waals surface area (Å²) in [6.45, 7) is 0.396. The van der Waals surface area contributed by atoms with Crippen LogP contribution in [0.2, 0.25) is 0 Å².